The van der Waals surface area contributed by atoms with Crippen LogP contribution in [0.1, 0.15) is 41.5 Å². The molecule has 0 saturated carbocycles. The average molecular weight is 458 g/mol. The molecule has 0 aliphatic heterocycles. The smallest absolute Gasteiger partial charge is 0.407 e. The van der Waals surface area contributed by atoms with E-state index in [1.807, 2.05) is 41.5 Å². The zero-order valence-electron chi connectivity index (χ0n) is 16.2. The Morgan fingerprint density at radius 3 is 2.17 bits per heavy atom. The maximum absolute atomic E-state index is 11.9. The number of rotatable bonds is 7. The van der Waals surface area contributed by atoms with Gasteiger partial charge in [0.05, 0.1) is 12.6 Å². The molecule has 3 N–H and O–H groups in total. The summed E-state index contributed by atoms with van der Waals surface area (Å²) >= 11 is 0. The fourth-order valence-corrected chi connectivity index (χ4v) is 1.84. The van der Waals surface area contributed by atoms with E-state index in [2.05, 4.69) is 20.9 Å². The summed E-state index contributed by atoms with van der Waals surface area (Å²) in [5.41, 5.74) is -0.508. The van der Waals surface area contributed by atoms with Crippen LogP contribution < -0.4 is 16.0 Å². The van der Waals surface area contributed by atoms with Gasteiger partial charge in [0.1, 0.15) is 5.60 Å². The maximum Gasteiger partial charge on any atom is 0.407 e. The summed E-state index contributed by atoms with van der Waals surface area (Å²) in [6.07, 6.45) is -0.409. The van der Waals surface area contributed by atoms with Crippen molar-refractivity contribution < 1.29 is 14.3 Å². The number of alkyl carbamates (subject to hydrolysis) is 1. The number of halogens is 1. The first-order valence-electron chi connectivity index (χ1n) is 8.04. The summed E-state index contributed by atoms with van der Waals surface area (Å²) in [4.78, 5) is 16.1. The Balaban J connectivity index is 0. The lowest BCUT2D eigenvalue weighted by atomic mass is 10.0. The predicted molar refractivity (Wildman–Crippen MR) is 109 cm³/mol. The normalized spacial score (nSPS) is 14.5. The van der Waals surface area contributed by atoms with Gasteiger partial charge in [0.2, 0.25) is 0 Å². The minimum Gasteiger partial charge on any atom is -0.444 e. The van der Waals surface area contributed by atoms with Gasteiger partial charge in [0, 0.05) is 26.7 Å². The molecule has 1 amide bonds. The number of nitrogens with one attached hydrogen (secondary N) is 3. The molecule has 0 aromatic rings. The fourth-order valence-electron chi connectivity index (χ4n) is 1.84. The third-order valence-corrected chi connectivity index (χ3v) is 3.02. The molecule has 8 heteroatoms. The van der Waals surface area contributed by atoms with E-state index in [4.69, 9.17) is 9.47 Å². The van der Waals surface area contributed by atoms with Crippen LogP contribution in [0.15, 0.2) is 4.99 Å². The van der Waals surface area contributed by atoms with Crippen molar-refractivity contribution in [2.24, 2.45) is 10.9 Å². The van der Waals surface area contributed by atoms with E-state index in [0.717, 1.165) is 0 Å². The Bertz CT molecular complexity index is 384. The van der Waals surface area contributed by atoms with Crippen molar-refractivity contribution in [2.45, 2.75) is 59.2 Å². The van der Waals surface area contributed by atoms with E-state index in [-0.39, 0.29) is 42.0 Å². The molecule has 2 atom stereocenters. The van der Waals surface area contributed by atoms with Crippen LogP contribution in [0.3, 0.4) is 0 Å². The molecule has 0 fully saturated rings. The van der Waals surface area contributed by atoms with Crippen LogP contribution in [0.2, 0.25) is 0 Å². The first-order chi connectivity index (χ1) is 10.6. The molecule has 0 aliphatic rings. The van der Waals surface area contributed by atoms with Crippen LogP contribution in [-0.2, 0) is 9.47 Å². The van der Waals surface area contributed by atoms with Crippen molar-refractivity contribution in [1.29, 1.82) is 0 Å². The number of methoxy groups -OCH3 is 1. The number of amides is 1. The molecule has 2 unspecified atom stereocenters. The molecular formula is C16H35IN4O3. The molecule has 0 spiro atoms. The molecule has 0 bridgehead atoms. The number of carbonyl (C=O) groups is 1. The van der Waals surface area contributed by atoms with Gasteiger partial charge < -0.3 is 25.4 Å². The van der Waals surface area contributed by atoms with Gasteiger partial charge in [-0.2, -0.15) is 0 Å². The Labute approximate surface area is 163 Å². The first kappa shape index (κ1) is 25.5. The fraction of sp³-hybridized carbons (Fsp3) is 0.875. The van der Waals surface area contributed by atoms with Crippen LogP contribution in [0.5, 0.6) is 0 Å². The van der Waals surface area contributed by atoms with Crippen molar-refractivity contribution in [2.75, 3.05) is 27.3 Å². The Morgan fingerprint density at radius 2 is 1.75 bits per heavy atom. The van der Waals surface area contributed by atoms with Crippen LogP contribution in [-0.4, -0.2) is 57.0 Å². The molecule has 0 rings (SSSR count). The summed E-state index contributed by atoms with van der Waals surface area (Å²) in [6, 6.07) is 0.0728. The highest BCUT2D eigenvalue weighted by Gasteiger charge is 2.21. The van der Waals surface area contributed by atoms with Crippen molar-refractivity contribution in [1.82, 2.24) is 16.0 Å². The van der Waals surface area contributed by atoms with E-state index < -0.39 is 11.7 Å². The summed E-state index contributed by atoms with van der Waals surface area (Å²) in [7, 11) is 3.37. The lowest BCUT2D eigenvalue weighted by Gasteiger charge is -2.27. The molecular weight excluding hydrogens is 423 g/mol. The molecule has 0 heterocycles. The van der Waals surface area contributed by atoms with Crippen molar-refractivity contribution in [3.63, 3.8) is 0 Å². The molecule has 0 saturated heterocycles. The Hall–Kier alpha value is -0.770. The van der Waals surface area contributed by atoms with Crippen LogP contribution in [0.25, 0.3) is 0 Å². The third-order valence-electron chi connectivity index (χ3n) is 3.02. The van der Waals surface area contributed by atoms with Gasteiger partial charge in [-0.25, -0.2) is 4.79 Å². The monoisotopic (exact) mass is 458 g/mol. The molecule has 0 aromatic carbocycles. The van der Waals surface area contributed by atoms with Gasteiger partial charge in [-0.15, -0.1) is 24.0 Å². The number of aliphatic imine (C=N–C) groups is 1. The van der Waals surface area contributed by atoms with Gasteiger partial charge in [-0.05, 0) is 33.6 Å². The largest absolute Gasteiger partial charge is 0.444 e. The minimum atomic E-state index is -0.508. The van der Waals surface area contributed by atoms with Crippen molar-refractivity contribution >= 4 is 36.0 Å². The maximum atomic E-state index is 11.9. The van der Waals surface area contributed by atoms with E-state index in [9.17, 15) is 4.79 Å². The quantitative estimate of drug-likeness (QED) is 0.310. The predicted octanol–water partition coefficient (Wildman–Crippen LogP) is 2.35. The Morgan fingerprint density at radius 1 is 1.17 bits per heavy atom. The lowest BCUT2D eigenvalue weighted by Crippen LogP contribution is -2.51. The molecule has 0 aromatic heterocycles. The average Bonchev–Trinajstić information content (AvgIpc) is 2.39. The summed E-state index contributed by atoms with van der Waals surface area (Å²) < 4.78 is 10.4. The molecule has 24 heavy (non-hydrogen) atoms. The summed E-state index contributed by atoms with van der Waals surface area (Å²) in [5.74, 6) is 0.927. The summed E-state index contributed by atoms with van der Waals surface area (Å²) in [6.45, 7) is 12.8. The van der Waals surface area contributed by atoms with Gasteiger partial charge >= 0.3 is 6.09 Å². The van der Waals surface area contributed by atoms with E-state index in [0.29, 0.717) is 19.1 Å². The number of nitrogens with zero attached hydrogens (tertiary/aromatic N) is 1. The minimum absolute atomic E-state index is 0. The molecule has 0 aliphatic carbocycles. The molecule has 144 valence electrons. The number of hydrogen-bond donors (Lipinski definition) is 3. The topological polar surface area (TPSA) is 84.0 Å². The third kappa shape index (κ3) is 12.6. The first-order valence-corrected chi connectivity index (χ1v) is 8.04. The second-order valence-electron chi connectivity index (χ2n) is 6.95. The zero-order valence-corrected chi connectivity index (χ0v) is 18.6. The van der Waals surface area contributed by atoms with E-state index in [1.165, 1.54) is 0 Å². The number of carbonyl (C=O) groups excluding carboxylic acids is 1. The van der Waals surface area contributed by atoms with Crippen LogP contribution in [0.4, 0.5) is 4.79 Å². The van der Waals surface area contributed by atoms with Gasteiger partial charge in [0.25, 0.3) is 0 Å². The Kier molecular flexibility index (Phi) is 13.3. The van der Waals surface area contributed by atoms with Gasteiger partial charge in [-0.3, -0.25) is 4.99 Å². The van der Waals surface area contributed by atoms with Gasteiger partial charge in [0.15, 0.2) is 5.96 Å². The second kappa shape index (κ2) is 12.6. The summed E-state index contributed by atoms with van der Waals surface area (Å²) in [5, 5.41) is 9.34. The number of ether oxygens (including phenoxy) is 2. The molecule has 7 nitrogen and oxygen atoms in total. The number of hydrogen-bond acceptors (Lipinski definition) is 4. The zero-order chi connectivity index (χ0) is 18.0. The highest BCUT2D eigenvalue weighted by molar-refractivity contribution is 14.0. The second-order valence-corrected chi connectivity index (χ2v) is 6.95. The van der Waals surface area contributed by atoms with E-state index >= 15 is 0 Å². The van der Waals surface area contributed by atoms with Crippen molar-refractivity contribution in [3.05, 3.63) is 0 Å². The van der Waals surface area contributed by atoms with Crippen LogP contribution in [0, 0.1) is 5.92 Å². The lowest BCUT2D eigenvalue weighted by molar-refractivity contribution is 0.0491. The highest BCUT2D eigenvalue weighted by atomic mass is 127. The van der Waals surface area contributed by atoms with Crippen molar-refractivity contribution in [3.8, 4) is 0 Å². The standard InChI is InChI=1S/C16H34N4O3.HI/c1-11(2)13(20-15(21)23-16(4,5)6)9-18-14(17-7)19-12(3)10-22-8;/h11-13H,9-10H2,1-8H3,(H,20,21)(H2,17,18,19);1H. The highest BCUT2D eigenvalue weighted by Crippen LogP contribution is 2.08. The molecule has 0 radical (unpaired) electrons. The van der Waals surface area contributed by atoms with Gasteiger partial charge in [-0.1, -0.05) is 13.8 Å². The van der Waals surface area contributed by atoms with E-state index in [1.54, 1.807) is 14.2 Å². The van der Waals surface area contributed by atoms with Crippen LogP contribution >= 0.6 is 24.0 Å². The SMILES string of the molecule is CN=C(NCC(NC(=O)OC(C)(C)C)C(C)C)NC(C)COC.I. The number of guanidine groups is 1.